The van der Waals surface area contributed by atoms with E-state index in [-0.39, 0.29) is 11.7 Å². The summed E-state index contributed by atoms with van der Waals surface area (Å²) in [5.74, 6) is 0.906. The van der Waals surface area contributed by atoms with Crippen LogP contribution in [0.1, 0.15) is 16.3 Å². The molecule has 0 unspecified atom stereocenters. The number of carbonyl (C=O) groups is 1. The fourth-order valence-electron chi connectivity index (χ4n) is 2.67. The van der Waals surface area contributed by atoms with Crippen molar-refractivity contribution in [2.24, 2.45) is 0 Å². The lowest BCUT2D eigenvalue weighted by molar-refractivity contribution is -0.113. The maximum atomic E-state index is 12.1. The number of amides is 1. The van der Waals surface area contributed by atoms with Crippen molar-refractivity contribution in [3.63, 3.8) is 0 Å². The molecule has 1 aliphatic rings. The van der Waals surface area contributed by atoms with E-state index in [0.717, 1.165) is 24.4 Å². The smallest absolute Gasteiger partial charge is 0.236 e. The number of H-pyrrole nitrogens is 1. The predicted molar refractivity (Wildman–Crippen MR) is 95.4 cm³/mol. The van der Waals surface area contributed by atoms with Crippen LogP contribution in [0.2, 0.25) is 0 Å². The fraction of sp³-hybridized carbons (Fsp3) is 0.250. The molecule has 4 rings (SSSR count). The molecule has 8 heteroatoms. The summed E-state index contributed by atoms with van der Waals surface area (Å²) < 4.78 is 0. The monoisotopic (exact) mass is 357 g/mol. The summed E-state index contributed by atoms with van der Waals surface area (Å²) in [5, 5.41) is 10.9. The molecule has 0 saturated heterocycles. The van der Waals surface area contributed by atoms with Crippen LogP contribution in [0.25, 0.3) is 11.3 Å². The average Bonchev–Trinajstić information content (AvgIpc) is 3.18. The number of hydrogen-bond donors (Lipinski definition) is 2. The zero-order valence-corrected chi connectivity index (χ0v) is 14.6. The Morgan fingerprint density at radius 1 is 1.33 bits per heavy atom. The molecule has 1 aromatic carbocycles. The highest BCUT2D eigenvalue weighted by atomic mass is 32.2. The van der Waals surface area contributed by atoms with Crippen LogP contribution in [-0.2, 0) is 17.6 Å². The van der Waals surface area contributed by atoms with Gasteiger partial charge in [-0.05, 0) is 25.3 Å². The van der Waals surface area contributed by atoms with Crippen LogP contribution in [0.3, 0.4) is 0 Å². The third kappa shape index (κ3) is 3.07. The maximum absolute atomic E-state index is 12.1. The number of fused-ring (bicyclic) bond motifs is 3. The number of thiazole rings is 1. The van der Waals surface area contributed by atoms with Gasteiger partial charge in [-0.25, -0.2) is 9.97 Å². The number of aryl methyl sites for hydroxylation is 3. The van der Waals surface area contributed by atoms with Crippen LogP contribution in [0.4, 0.5) is 5.13 Å². The number of aromatic nitrogens is 4. The number of benzene rings is 1. The van der Waals surface area contributed by atoms with Crippen LogP contribution >= 0.6 is 23.1 Å². The van der Waals surface area contributed by atoms with Crippen molar-refractivity contribution in [3.8, 4) is 11.3 Å². The van der Waals surface area contributed by atoms with Crippen molar-refractivity contribution < 1.29 is 4.79 Å². The second kappa shape index (κ2) is 6.37. The Balaban J connectivity index is 1.45. The number of hydrogen-bond acceptors (Lipinski definition) is 6. The van der Waals surface area contributed by atoms with Crippen molar-refractivity contribution in [1.29, 1.82) is 0 Å². The molecule has 6 nitrogen and oxygen atoms in total. The molecule has 2 aromatic heterocycles. The summed E-state index contributed by atoms with van der Waals surface area (Å²) in [6, 6.07) is 8.33. The minimum absolute atomic E-state index is 0.0955. The number of anilines is 1. The van der Waals surface area contributed by atoms with E-state index in [1.165, 1.54) is 27.8 Å². The van der Waals surface area contributed by atoms with Crippen molar-refractivity contribution in [3.05, 3.63) is 40.5 Å². The molecule has 0 fully saturated rings. The van der Waals surface area contributed by atoms with Gasteiger partial charge in [0.15, 0.2) is 5.13 Å². The lowest BCUT2D eigenvalue weighted by atomic mass is 9.94. The zero-order valence-electron chi connectivity index (χ0n) is 13.0. The lowest BCUT2D eigenvalue weighted by Gasteiger charge is -2.13. The van der Waals surface area contributed by atoms with Crippen LogP contribution in [0.5, 0.6) is 0 Å². The van der Waals surface area contributed by atoms with E-state index in [2.05, 4.69) is 43.7 Å². The Labute approximate surface area is 147 Å². The van der Waals surface area contributed by atoms with Crippen molar-refractivity contribution in [2.75, 3.05) is 11.1 Å². The van der Waals surface area contributed by atoms with E-state index in [1.54, 1.807) is 11.3 Å². The van der Waals surface area contributed by atoms with Crippen LogP contribution in [0, 0.1) is 6.92 Å². The van der Waals surface area contributed by atoms with Crippen LogP contribution in [-0.4, -0.2) is 31.8 Å². The Bertz CT molecular complexity index is 902. The second-order valence-electron chi connectivity index (χ2n) is 5.49. The van der Waals surface area contributed by atoms with E-state index >= 15 is 0 Å². The highest BCUT2D eigenvalue weighted by molar-refractivity contribution is 7.99. The number of rotatable bonds is 4. The zero-order chi connectivity index (χ0) is 16.5. The van der Waals surface area contributed by atoms with Crippen molar-refractivity contribution >= 4 is 34.1 Å². The molecule has 2 heterocycles. The van der Waals surface area contributed by atoms with E-state index in [1.807, 2.05) is 13.0 Å². The summed E-state index contributed by atoms with van der Waals surface area (Å²) in [6.45, 7) is 1.83. The molecule has 1 amide bonds. The van der Waals surface area contributed by atoms with Crippen molar-refractivity contribution in [2.45, 2.75) is 24.9 Å². The molecule has 0 bridgehead atoms. The number of aromatic amines is 1. The summed E-state index contributed by atoms with van der Waals surface area (Å²) in [6.07, 6.45) is 2.00. The van der Waals surface area contributed by atoms with Gasteiger partial charge in [0.1, 0.15) is 5.82 Å². The second-order valence-corrected chi connectivity index (χ2v) is 7.51. The van der Waals surface area contributed by atoms with Gasteiger partial charge in [0, 0.05) is 10.4 Å². The Morgan fingerprint density at radius 3 is 3.04 bits per heavy atom. The van der Waals surface area contributed by atoms with Gasteiger partial charge in [-0.1, -0.05) is 36.0 Å². The van der Waals surface area contributed by atoms with Gasteiger partial charge >= 0.3 is 0 Å². The van der Waals surface area contributed by atoms with Gasteiger partial charge in [0.2, 0.25) is 11.1 Å². The first-order valence-electron chi connectivity index (χ1n) is 7.58. The summed E-state index contributed by atoms with van der Waals surface area (Å²) in [5.41, 5.74) is 3.51. The van der Waals surface area contributed by atoms with Gasteiger partial charge in [-0.2, -0.15) is 0 Å². The van der Waals surface area contributed by atoms with Gasteiger partial charge < -0.3 is 5.32 Å². The average molecular weight is 357 g/mol. The summed E-state index contributed by atoms with van der Waals surface area (Å²) >= 11 is 2.87. The first-order chi connectivity index (χ1) is 11.7. The van der Waals surface area contributed by atoms with Gasteiger partial charge in [-0.15, -0.1) is 16.4 Å². The molecule has 0 atom stereocenters. The molecule has 0 spiro atoms. The van der Waals surface area contributed by atoms with E-state index < -0.39 is 0 Å². The molecular weight excluding hydrogens is 342 g/mol. The Morgan fingerprint density at radius 2 is 2.21 bits per heavy atom. The minimum Gasteiger partial charge on any atom is -0.301 e. The van der Waals surface area contributed by atoms with Gasteiger partial charge in [0.25, 0.3) is 0 Å². The van der Waals surface area contributed by atoms with Gasteiger partial charge in [0.05, 0.1) is 11.4 Å². The quantitative estimate of drug-likeness (QED) is 0.701. The first-order valence-corrected chi connectivity index (χ1v) is 9.39. The predicted octanol–water partition coefficient (Wildman–Crippen LogP) is 3.07. The van der Waals surface area contributed by atoms with E-state index in [9.17, 15) is 4.79 Å². The maximum Gasteiger partial charge on any atom is 0.236 e. The highest BCUT2D eigenvalue weighted by Crippen LogP contribution is 2.37. The molecule has 2 N–H and O–H groups in total. The lowest BCUT2D eigenvalue weighted by Crippen LogP contribution is -2.13. The molecule has 122 valence electrons. The number of thioether (sulfide) groups is 1. The number of nitrogens with zero attached hydrogens (tertiary/aromatic N) is 3. The molecule has 24 heavy (non-hydrogen) atoms. The number of carbonyl (C=O) groups excluding carboxylic acids is 1. The molecule has 0 radical (unpaired) electrons. The van der Waals surface area contributed by atoms with Crippen LogP contribution in [0.15, 0.2) is 29.4 Å². The molecule has 0 aliphatic heterocycles. The van der Waals surface area contributed by atoms with E-state index in [4.69, 9.17) is 0 Å². The van der Waals surface area contributed by atoms with Crippen molar-refractivity contribution in [1.82, 2.24) is 20.2 Å². The fourth-order valence-corrected chi connectivity index (χ4v) is 4.31. The normalized spacial score (nSPS) is 12.5. The van der Waals surface area contributed by atoms with E-state index in [0.29, 0.717) is 10.3 Å². The molecule has 1 aliphatic carbocycles. The summed E-state index contributed by atoms with van der Waals surface area (Å²) in [7, 11) is 0. The van der Waals surface area contributed by atoms with Gasteiger partial charge in [-0.3, -0.25) is 9.89 Å². The first kappa shape index (κ1) is 15.3. The highest BCUT2D eigenvalue weighted by Gasteiger charge is 2.21. The third-order valence-electron chi connectivity index (χ3n) is 3.75. The third-order valence-corrected chi connectivity index (χ3v) is 5.62. The minimum atomic E-state index is -0.0955. The Hall–Kier alpha value is -2.19. The Kier molecular flexibility index (Phi) is 4.07. The SMILES string of the molecule is Cc1nc(SCC(=O)Nc2nc3c(s2)CCc2ccccc2-3)n[nH]1. The molecule has 0 saturated carbocycles. The van der Waals surface area contributed by atoms with Crippen LogP contribution < -0.4 is 5.32 Å². The topological polar surface area (TPSA) is 83.6 Å². The largest absolute Gasteiger partial charge is 0.301 e. The summed E-state index contributed by atoms with van der Waals surface area (Å²) in [4.78, 5) is 22.2. The molecule has 3 aromatic rings. The number of nitrogens with one attached hydrogen (secondary N) is 2. The standard InChI is InChI=1S/C16H15N5OS2/c1-9-17-16(21-20-9)23-8-13(22)18-15-19-14-11-5-3-2-4-10(11)6-7-12(14)24-15/h2-5H,6-8H2,1H3,(H,17,20,21)(H,18,19,22). The molecular formula is C16H15N5OS2.